The summed E-state index contributed by atoms with van der Waals surface area (Å²) in [7, 11) is 0. The molecule has 1 aromatic carbocycles. The van der Waals surface area contributed by atoms with Crippen LogP contribution in [-0.4, -0.2) is 41.3 Å². The van der Waals surface area contributed by atoms with Gasteiger partial charge in [0, 0.05) is 43.8 Å². The van der Waals surface area contributed by atoms with Gasteiger partial charge in [-0.3, -0.25) is 0 Å². The summed E-state index contributed by atoms with van der Waals surface area (Å²) in [6.45, 7) is 7.01. The predicted octanol–water partition coefficient (Wildman–Crippen LogP) is 4.45. The molecule has 2 aliphatic rings. The van der Waals surface area contributed by atoms with Gasteiger partial charge in [-0.15, -0.1) is 0 Å². The van der Waals surface area contributed by atoms with Crippen LogP contribution in [-0.2, 0) is 6.54 Å². The molecule has 3 heterocycles. The number of thiocarbonyl (C=S) groups is 1. The molecular formula is C22H29ClN6S. The Morgan fingerprint density at radius 2 is 1.80 bits per heavy atom. The first-order valence-electron chi connectivity index (χ1n) is 10.8. The van der Waals surface area contributed by atoms with Crippen molar-refractivity contribution in [3.8, 4) is 0 Å². The second-order valence-corrected chi connectivity index (χ2v) is 9.01. The van der Waals surface area contributed by atoms with Gasteiger partial charge in [-0.1, -0.05) is 36.7 Å². The third-order valence-electron chi connectivity index (χ3n) is 5.73. The van der Waals surface area contributed by atoms with E-state index in [1.165, 1.54) is 25.7 Å². The van der Waals surface area contributed by atoms with E-state index in [0.717, 1.165) is 48.4 Å². The summed E-state index contributed by atoms with van der Waals surface area (Å²) >= 11 is 11.7. The molecule has 0 aliphatic carbocycles. The maximum absolute atomic E-state index is 6.24. The molecule has 8 heteroatoms. The van der Waals surface area contributed by atoms with Crippen LogP contribution in [0.25, 0.3) is 0 Å². The van der Waals surface area contributed by atoms with Crippen molar-refractivity contribution >= 4 is 46.5 Å². The van der Waals surface area contributed by atoms with Gasteiger partial charge >= 0.3 is 0 Å². The van der Waals surface area contributed by atoms with Crippen LogP contribution in [0.1, 0.15) is 38.2 Å². The maximum atomic E-state index is 6.24. The van der Waals surface area contributed by atoms with E-state index in [1.807, 2.05) is 24.3 Å². The zero-order valence-electron chi connectivity index (χ0n) is 17.4. The van der Waals surface area contributed by atoms with Gasteiger partial charge in [-0.2, -0.15) is 9.97 Å². The lowest BCUT2D eigenvalue weighted by molar-refractivity contribution is 0.444. The fourth-order valence-electron chi connectivity index (χ4n) is 4.11. The Balaban J connectivity index is 1.49. The quantitative estimate of drug-likeness (QED) is 0.660. The van der Waals surface area contributed by atoms with Gasteiger partial charge in [0.05, 0.1) is 0 Å². The molecule has 0 saturated carbocycles. The largest absolute Gasteiger partial charge is 0.358 e. The number of aromatic nitrogens is 2. The van der Waals surface area contributed by atoms with Crippen LogP contribution in [0.15, 0.2) is 30.3 Å². The van der Waals surface area contributed by atoms with Crippen molar-refractivity contribution < 1.29 is 0 Å². The van der Waals surface area contributed by atoms with Gasteiger partial charge in [0.2, 0.25) is 5.95 Å². The number of anilines is 3. The van der Waals surface area contributed by atoms with Crippen LogP contribution in [0.5, 0.6) is 0 Å². The fraction of sp³-hybridized carbons (Fsp3) is 0.500. The Morgan fingerprint density at radius 3 is 2.53 bits per heavy atom. The Hall–Kier alpha value is -2.12. The smallest absolute Gasteiger partial charge is 0.232 e. The molecule has 2 aromatic rings. The molecular weight excluding hydrogens is 416 g/mol. The molecule has 160 valence electrons. The predicted molar refractivity (Wildman–Crippen MR) is 129 cm³/mol. The number of nitrogens with one attached hydrogen (secondary N) is 2. The molecule has 0 unspecified atom stereocenters. The molecule has 30 heavy (non-hydrogen) atoms. The molecule has 1 atom stereocenters. The highest BCUT2D eigenvalue weighted by Gasteiger charge is 2.22. The van der Waals surface area contributed by atoms with Crippen molar-refractivity contribution in [2.75, 3.05) is 41.3 Å². The van der Waals surface area contributed by atoms with Crippen LogP contribution < -0.4 is 20.4 Å². The number of benzene rings is 1. The molecule has 0 spiro atoms. The highest BCUT2D eigenvalue weighted by Crippen LogP contribution is 2.27. The van der Waals surface area contributed by atoms with E-state index in [9.17, 15) is 0 Å². The first-order valence-corrected chi connectivity index (χ1v) is 11.5. The first kappa shape index (κ1) is 21.1. The van der Waals surface area contributed by atoms with Crippen molar-refractivity contribution in [3.05, 3.63) is 40.9 Å². The average Bonchev–Trinajstić information content (AvgIpc) is 3.28. The molecule has 0 bridgehead atoms. The van der Waals surface area contributed by atoms with Crippen molar-refractivity contribution in [3.63, 3.8) is 0 Å². The number of piperidine rings is 1. The third kappa shape index (κ3) is 5.32. The van der Waals surface area contributed by atoms with E-state index in [0.29, 0.717) is 23.5 Å². The Labute approximate surface area is 189 Å². The van der Waals surface area contributed by atoms with Crippen molar-refractivity contribution in [2.24, 2.45) is 5.92 Å². The molecule has 2 saturated heterocycles. The molecule has 4 rings (SSSR count). The van der Waals surface area contributed by atoms with E-state index in [4.69, 9.17) is 33.8 Å². The van der Waals surface area contributed by atoms with Gasteiger partial charge in [0.25, 0.3) is 0 Å². The van der Waals surface area contributed by atoms with Crippen LogP contribution >= 0.6 is 23.8 Å². The van der Waals surface area contributed by atoms with Crippen LogP contribution in [0.2, 0.25) is 5.02 Å². The zero-order valence-corrected chi connectivity index (χ0v) is 19.0. The molecule has 6 nitrogen and oxygen atoms in total. The Bertz CT molecular complexity index is 886. The maximum Gasteiger partial charge on any atom is 0.232 e. The lowest BCUT2D eigenvalue weighted by atomic mass is 10.0. The van der Waals surface area contributed by atoms with Crippen LogP contribution in [0.3, 0.4) is 0 Å². The summed E-state index contributed by atoms with van der Waals surface area (Å²) in [6.07, 6.45) is 4.90. The normalized spacial score (nSPS) is 19.1. The highest BCUT2D eigenvalue weighted by atomic mass is 35.5. The van der Waals surface area contributed by atoms with Gasteiger partial charge in [-0.05, 0) is 55.4 Å². The van der Waals surface area contributed by atoms with E-state index in [-0.39, 0.29) is 0 Å². The van der Waals surface area contributed by atoms with Crippen molar-refractivity contribution in [1.29, 1.82) is 0 Å². The topological polar surface area (TPSA) is 56.3 Å². The fourth-order valence-corrected chi connectivity index (χ4v) is 4.47. The number of rotatable bonds is 5. The monoisotopic (exact) mass is 444 g/mol. The molecule has 2 fully saturated rings. The summed E-state index contributed by atoms with van der Waals surface area (Å²) in [6, 6.07) is 9.88. The first-order chi connectivity index (χ1) is 14.6. The zero-order chi connectivity index (χ0) is 20.9. The summed E-state index contributed by atoms with van der Waals surface area (Å²) in [5.41, 5.74) is 0.998. The minimum Gasteiger partial charge on any atom is -0.358 e. The van der Waals surface area contributed by atoms with E-state index < -0.39 is 0 Å². The molecule has 1 aromatic heterocycles. The minimum absolute atomic E-state index is 0.492. The van der Waals surface area contributed by atoms with E-state index in [2.05, 4.69) is 33.4 Å². The third-order valence-corrected chi connectivity index (χ3v) is 6.35. The minimum atomic E-state index is 0.492. The van der Waals surface area contributed by atoms with Crippen LogP contribution in [0.4, 0.5) is 17.6 Å². The molecule has 2 aliphatic heterocycles. The molecule has 0 radical (unpaired) electrons. The van der Waals surface area contributed by atoms with Crippen molar-refractivity contribution in [1.82, 2.24) is 15.3 Å². The van der Waals surface area contributed by atoms with E-state index >= 15 is 0 Å². The van der Waals surface area contributed by atoms with Gasteiger partial charge < -0.3 is 20.4 Å². The summed E-state index contributed by atoms with van der Waals surface area (Å²) in [5.74, 6) is 3.19. The number of nitrogens with zero attached hydrogens (tertiary/aromatic N) is 4. The molecule has 0 amide bonds. The highest BCUT2D eigenvalue weighted by molar-refractivity contribution is 7.80. The van der Waals surface area contributed by atoms with Crippen molar-refractivity contribution in [2.45, 2.75) is 39.2 Å². The van der Waals surface area contributed by atoms with Gasteiger partial charge in [-0.25, -0.2) is 0 Å². The second-order valence-electron chi connectivity index (χ2n) is 8.19. The summed E-state index contributed by atoms with van der Waals surface area (Å²) in [4.78, 5) is 14.3. The standard InChI is InChI=1S/C22H29ClN6S/c1-16-7-6-12-29(15-16)20-13-19(28-10-4-5-11-28)25-21(26-20)27-22(30)24-14-17-8-2-3-9-18(17)23/h2-3,8-9,13,16H,4-7,10-12,14-15H2,1H3,(H2,24,25,26,27,30)/t16-/m0/s1. The van der Waals surface area contributed by atoms with Gasteiger partial charge in [0.1, 0.15) is 11.6 Å². The lowest BCUT2D eigenvalue weighted by Gasteiger charge is -2.32. The SMILES string of the molecule is C[C@H]1CCCN(c2cc(N3CCCC3)nc(NC(=S)NCc3ccccc3Cl)n2)C1. The average molecular weight is 445 g/mol. The van der Waals surface area contributed by atoms with Crippen LogP contribution in [0, 0.1) is 5.92 Å². The summed E-state index contributed by atoms with van der Waals surface area (Å²) in [5, 5.41) is 7.62. The number of hydrogen-bond donors (Lipinski definition) is 2. The summed E-state index contributed by atoms with van der Waals surface area (Å²) < 4.78 is 0. The Morgan fingerprint density at radius 1 is 1.10 bits per heavy atom. The second kappa shape index (κ2) is 9.79. The van der Waals surface area contributed by atoms with E-state index in [1.54, 1.807) is 0 Å². The lowest BCUT2D eigenvalue weighted by Crippen LogP contribution is -2.35. The Kier molecular flexibility index (Phi) is 6.89. The molecule has 2 N–H and O–H groups in total. The number of hydrogen-bond acceptors (Lipinski definition) is 5. The number of halogens is 1. The van der Waals surface area contributed by atoms with Gasteiger partial charge in [0.15, 0.2) is 5.11 Å².